The standard InChI is InChI=1S/C14H22N4O/c1-3-17-9-11-4-6-18(12(8-11)14(17)19)10-13-15-5-7-16(13)2/h5,7,11-12H,3-4,6,8-10H2,1-2H3/t11-,12+/m0/s1. The smallest absolute Gasteiger partial charge is 0.239 e. The zero-order valence-corrected chi connectivity index (χ0v) is 11.7. The molecule has 3 rings (SSSR count). The van der Waals surface area contributed by atoms with Gasteiger partial charge in [0.15, 0.2) is 0 Å². The molecule has 0 aromatic carbocycles. The number of hydrogen-bond acceptors (Lipinski definition) is 3. The van der Waals surface area contributed by atoms with E-state index in [0.717, 1.165) is 38.4 Å². The van der Waals surface area contributed by atoms with Crippen molar-refractivity contribution in [3.05, 3.63) is 18.2 Å². The molecule has 0 aliphatic carbocycles. The summed E-state index contributed by atoms with van der Waals surface area (Å²) in [5.74, 6) is 2.05. The number of nitrogens with zero attached hydrogens (tertiary/aromatic N) is 4. The number of carbonyl (C=O) groups is 1. The molecule has 0 radical (unpaired) electrons. The number of likely N-dealkylation sites (N-methyl/N-ethyl adjacent to an activating group) is 1. The summed E-state index contributed by atoms with van der Waals surface area (Å²) in [6.07, 6.45) is 6.01. The number of aryl methyl sites for hydroxylation is 1. The highest BCUT2D eigenvalue weighted by molar-refractivity contribution is 5.82. The average Bonchev–Trinajstić information content (AvgIpc) is 2.82. The van der Waals surface area contributed by atoms with Gasteiger partial charge < -0.3 is 9.47 Å². The van der Waals surface area contributed by atoms with Crippen molar-refractivity contribution in [3.63, 3.8) is 0 Å². The fourth-order valence-electron chi connectivity index (χ4n) is 3.33. The summed E-state index contributed by atoms with van der Waals surface area (Å²) in [4.78, 5) is 21.1. The summed E-state index contributed by atoms with van der Waals surface area (Å²) in [5.41, 5.74) is 0. The number of aromatic nitrogens is 2. The molecule has 5 heteroatoms. The summed E-state index contributed by atoms with van der Waals surface area (Å²) >= 11 is 0. The van der Waals surface area contributed by atoms with E-state index in [-0.39, 0.29) is 6.04 Å². The van der Waals surface area contributed by atoms with Gasteiger partial charge >= 0.3 is 0 Å². The number of imidazole rings is 1. The van der Waals surface area contributed by atoms with Crippen LogP contribution in [0.5, 0.6) is 0 Å². The predicted molar refractivity (Wildman–Crippen MR) is 72.4 cm³/mol. The molecular weight excluding hydrogens is 240 g/mol. The maximum Gasteiger partial charge on any atom is 0.239 e. The van der Waals surface area contributed by atoms with E-state index in [1.54, 1.807) is 0 Å². The fourth-order valence-corrected chi connectivity index (χ4v) is 3.33. The zero-order valence-electron chi connectivity index (χ0n) is 11.7. The van der Waals surface area contributed by atoms with Crippen molar-refractivity contribution in [3.8, 4) is 0 Å². The molecule has 0 saturated carbocycles. The molecule has 0 spiro atoms. The molecule has 2 fully saturated rings. The van der Waals surface area contributed by atoms with E-state index >= 15 is 0 Å². The second-order valence-electron chi connectivity index (χ2n) is 5.71. The van der Waals surface area contributed by atoms with Crippen LogP contribution in [0, 0.1) is 5.92 Å². The normalized spacial score (nSPS) is 27.9. The summed E-state index contributed by atoms with van der Waals surface area (Å²) in [5, 5.41) is 0. The van der Waals surface area contributed by atoms with Crippen molar-refractivity contribution in [2.75, 3.05) is 19.6 Å². The third-order valence-corrected chi connectivity index (χ3v) is 4.54. The largest absolute Gasteiger partial charge is 0.341 e. The number of carbonyl (C=O) groups excluding carboxylic acids is 1. The molecule has 1 aromatic rings. The van der Waals surface area contributed by atoms with E-state index < -0.39 is 0 Å². The Morgan fingerprint density at radius 2 is 2.32 bits per heavy atom. The molecule has 0 unspecified atom stereocenters. The first-order valence-electron chi connectivity index (χ1n) is 7.18. The quantitative estimate of drug-likeness (QED) is 0.811. The summed E-state index contributed by atoms with van der Waals surface area (Å²) in [6.45, 7) is 5.67. The maximum absolute atomic E-state index is 12.4. The van der Waals surface area contributed by atoms with Crippen molar-refractivity contribution in [1.82, 2.24) is 19.4 Å². The first-order chi connectivity index (χ1) is 9.19. The van der Waals surface area contributed by atoms with Gasteiger partial charge in [-0.25, -0.2) is 4.98 Å². The van der Waals surface area contributed by atoms with Crippen LogP contribution in [0.1, 0.15) is 25.6 Å². The van der Waals surface area contributed by atoms with Gasteiger partial charge in [0.25, 0.3) is 0 Å². The molecule has 104 valence electrons. The molecule has 3 heterocycles. The van der Waals surface area contributed by atoms with Crippen molar-refractivity contribution in [2.45, 2.75) is 32.4 Å². The van der Waals surface area contributed by atoms with Gasteiger partial charge in [-0.3, -0.25) is 9.69 Å². The minimum absolute atomic E-state index is 0.0733. The lowest BCUT2D eigenvalue weighted by atomic mass is 9.86. The fraction of sp³-hybridized carbons (Fsp3) is 0.714. The maximum atomic E-state index is 12.4. The molecular formula is C14H22N4O. The summed E-state index contributed by atoms with van der Waals surface area (Å²) in [6, 6.07) is 0.0733. The number of amides is 1. The molecule has 2 bridgehead atoms. The van der Waals surface area contributed by atoms with Gasteiger partial charge in [0.1, 0.15) is 5.82 Å². The second kappa shape index (κ2) is 4.96. The zero-order chi connectivity index (χ0) is 13.4. The molecule has 2 aliphatic heterocycles. The second-order valence-corrected chi connectivity index (χ2v) is 5.71. The Hall–Kier alpha value is -1.36. The average molecular weight is 262 g/mol. The highest BCUT2D eigenvalue weighted by Gasteiger charge is 2.40. The van der Waals surface area contributed by atoms with Crippen LogP contribution in [0.2, 0.25) is 0 Å². The Balaban J connectivity index is 1.76. The summed E-state index contributed by atoms with van der Waals surface area (Å²) in [7, 11) is 2.01. The number of hydrogen-bond donors (Lipinski definition) is 0. The Morgan fingerprint density at radius 3 is 3.00 bits per heavy atom. The van der Waals surface area contributed by atoms with Crippen LogP contribution in [0.25, 0.3) is 0 Å². The highest BCUT2D eigenvalue weighted by Crippen LogP contribution is 2.30. The Labute approximate surface area is 114 Å². The van der Waals surface area contributed by atoms with Crippen LogP contribution in [0.3, 0.4) is 0 Å². The molecule has 5 nitrogen and oxygen atoms in total. The number of rotatable bonds is 3. The van der Waals surface area contributed by atoms with Gasteiger partial charge in [0.05, 0.1) is 12.6 Å². The third-order valence-electron chi connectivity index (χ3n) is 4.54. The Bertz CT molecular complexity index is 470. The number of fused-ring (bicyclic) bond motifs is 2. The molecule has 2 aliphatic rings. The first-order valence-corrected chi connectivity index (χ1v) is 7.18. The van der Waals surface area contributed by atoms with Gasteiger partial charge in [0, 0.05) is 32.5 Å². The SMILES string of the molecule is CCN1C[C@H]2CCN(Cc3nccn3C)[C@H](C2)C1=O. The van der Waals surface area contributed by atoms with Crippen LogP contribution < -0.4 is 0 Å². The van der Waals surface area contributed by atoms with Gasteiger partial charge in [-0.2, -0.15) is 0 Å². The van der Waals surface area contributed by atoms with Crippen LogP contribution in [-0.4, -0.2) is 50.9 Å². The van der Waals surface area contributed by atoms with Gasteiger partial charge in [-0.15, -0.1) is 0 Å². The number of likely N-dealkylation sites (tertiary alicyclic amines) is 2. The molecule has 1 aromatic heterocycles. The van der Waals surface area contributed by atoms with E-state index in [1.165, 1.54) is 6.42 Å². The van der Waals surface area contributed by atoms with Crippen LogP contribution in [0.15, 0.2) is 12.4 Å². The van der Waals surface area contributed by atoms with E-state index in [1.807, 2.05) is 28.9 Å². The minimum Gasteiger partial charge on any atom is -0.341 e. The minimum atomic E-state index is 0.0733. The van der Waals surface area contributed by atoms with Crippen molar-refractivity contribution >= 4 is 5.91 Å². The van der Waals surface area contributed by atoms with Crippen LogP contribution >= 0.6 is 0 Å². The van der Waals surface area contributed by atoms with Crippen LogP contribution in [-0.2, 0) is 18.4 Å². The van der Waals surface area contributed by atoms with E-state index in [2.05, 4.69) is 16.8 Å². The lowest BCUT2D eigenvalue weighted by molar-refractivity contribution is -0.145. The molecule has 1 amide bonds. The Morgan fingerprint density at radius 1 is 1.47 bits per heavy atom. The topological polar surface area (TPSA) is 41.4 Å². The lowest BCUT2D eigenvalue weighted by Crippen LogP contribution is -2.58. The van der Waals surface area contributed by atoms with E-state index in [0.29, 0.717) is 11.8 Å². The molecule has 19 heavy (non-hydrogen) atoms. The van der Waals surface area contributed by atoms with Gasteiger partial charge in [-0.1, -0.05) is 0 Å². The van der Waals surface area contributed by atoms with E-state index in [9.17, 15) is 4.79 Å². The molecule has 0 N–H and O–H groups in total. The first kappa shape index (κ1) is 12.7. The van der Waals surface area contributed by atoms with Crippen LogP contribution in [0.4, 0.5) is 0 Å². The van der Waals surface area contributed by atoms with Crippen molar-refractivity contribution in [2.24, 2.45) is 13.0 Å². The van der Waals surface area contributed by atoms with Crippen molar-refractivity contribution < 1.29 is 4.79 Å². The lowest BCUT2D eigenvalue weighted by Gasteiger charge is -2.46. The Kier molecular flexibility index (Phi) is 3.31. The third kappa shape index (κ3) is 2.27. The van der Waals surface area contributed by atoms with E-state index in [4.69, 9.17) is 0 Å². The predicted octanol–water partition coefficient (Wildman–Crippen LogP) is 0.863. The summed E-state index contributed by atoms with van der Waals surface area (Å²) < 4.78 is 2.04. The highest BCUT2D eigenvalue weighted by atomic mass is 16.2. The number of piperidine rings is 2. The van der Waals surface area contributed by atoms with Gasteiger partial charge in [0.2, 0.25) is 5.91 Å². The monoisotopic (exact) mass is 262 g/mol. The molecule has 2 atom stereocenters. The molecule has 2 saturated heterocycles. The van der Waals surface area contributed by atoms with Gasteiger partial charge in [-0.05, 0) is 32.2 Å². The van der Waals surface area contributed by atoms with Crippen molar-refractivity contribution in [1.29, 1.82) is 0 Å².